The van der Waals surface area contributed by atoms with Gasteiger partial charge in [-0.15, -0.1) is 0 Å². The number of allylic oxidation sites excluding steroid dienone is 1. The van der Waals surface area contributed by atoms with E-state index in [0.29, 0.717) is 19.0 Å². The Balaban J connectivity index is 1.90. The highest BCUT2D eigenvalue weighted by Crippen LogP contribution is 2.48. The molecule has 136 valence electrons. The van der Waals surface area contributed by atoms with E-state index in [-0.39, 0.29) is 5.92 Å². The maximum atomic E-state index is 5.93. The molecule has 2 heteroatoms. The van der Waals surface area contributed by atoms with Crippen molar-refractivity contribution >= 4 is 6.08 Å². The van der Waals surface area contributed by atoms with E-state index in [1.807, 2.05) is 0 Å². The summed E-state index contributed by atoms with van der Waals surface area (Å²) in [6.45, 7) is 3.36. The molecule has 0 aromatic heterocycles. The van der Waals surface area contributed by atoms with E-state index in [1.54, 1.807) is 0 Å². The van der Waals surface area contributed by atoms with Gasteiger partial charge in [0.25, 0.3) is 0 Å². The molecule has 0 saturated carbocycles. The zero-order chi connectivity index (χ0) is 18.8. The second-order valence-corrected chi connectivity index (χ2v) is 7.37. The van der Waals surface area contributed by atoms with Crippen molar-refractivity contribution in [2.45, 2.75) is 31.8 Å². The lowest BCUT2D eigenvalue weighted by molar-refractivity contribution is 0.691. The Morgan fingerprint density at radius 3 is 1.96 bits per heavy atom. The van der Waals surface area contributed by atoms with Crippen LogP contribution in [-0.2, 0) is 13.1 Å². The smallest absolute Gasteiger partial charge is 0.0196 e. The van der Waals surface area contributed by atoms with E-state index in [1.165, 1.54) is 39.0 Å². The lowest BCUT2D eigenvalue weighted by Gasteiger charge is -2.28. The lowest BCUT2D eigenvalue weighted by atomic mass is 9.75. The molecule has 0 aliphatic heterocycles. The van der Waals surface area contributed by atoms with Crippen molar-refractivity contribution in [2.75, 3.05) is 0 Å². The number of nitrogens with two attached hydrogens (primary N) is 2. The molecule has 0 radical (unpaired) electrons. The first-order valence-corrected chi connectivity index (χ1v) is 9.56. The van der Waals surface area contributed by atoms with Crippen LogP contribution in [0.3, 0.4) is 0 Å². The van der Waals surface area contributed by atoms with Crippen molar-refractivity contribution in [3.8, 4) is 0 Å². The molecule has 0 spiro atoms. The second-order valence-electron chi connectivity index (χ2n) is 7.37. The van der Waals surface area contributed by atoms with Crippen LogP contribution in [0.1, 0.15) is 52.1 Å². The van der Waals surface area contributed by atoms with Crippen LogP contribution in [0.5, 0.6) is 0 Å². The lowest BCUT2D eigenvalue weighted by Crippen LogP contribution is -2.14. The second kappa shape index (κ2) is 7.51. The average molecular weight is 354 g/mol. The third kappa shape index (κ3) is 3.34. The van der Waals surface area contributed by atoms with Gasteiger partial charge in [0.05, 0.1) is 0 Å². The summed E-state index contributed by atoms with van der Waals surface area (Å²) in [7, 11) is 0. The van der Waals surface area contributed by atoms with Crippen molar-refractivity contribution in [3.63, 3.8) is 0 Å². The summed E-state index contributed by atoms with van der Waals surface area (Å²) in [5.41, 5.74) is 20.9. The highest BCUT2D eigenvalue weighted by atomic mass is 14.5. The maximum absolute atomic E-state index is 5.93. The Morgan fingerprint density at radius 2 is 1.37 bits per heavy atom. The average Bonchev–Trinajstić information content (AvgIpc) is 3.04. The van der Waals surface area contributed by atoms with Crippen LogP contribution in [0.25, 0.3) is 6.08 Å². The van der Waals surface area contributed by atoms with Crippen LogP contribution >= 0.6 is 0 Å². The molecular weight excluding hydrogens is 328 g/mol. The highest BCUT2D eigenvalue weighted by Gasteiger charge is 2.32. The topological polar surface area (TPSA) is 52.0 Å². The zero-order valence-corrected chi connectivity index (χ0v) is 15.7. The quantitative estimate of drug-likeness (QED) is 0.682. The zero-order valence-electron chi connectivity index (χ0n) is 15.7. The molecule has 2 nitrogen and oxygen atoms in total. The molecule has 1 unspecified atom stereocenters. The van der Waals surface area contributed by atoms with Gasteiger partial charge in [-0.1, -0.05) is 84.4 Å². The highest BCUT2D eigenvalue weighted by molar-refractivity contribution is 5.68. The normalized spacial score (nSPS) is 15.7. The molecule has 4 N–H and O–H groups in total. The van der Waals surface area contributed by atoms with E-state index >= 15 is 0 Å². The first-order chi connectivity index (χ1) is 13.2. The first-order valence-electron chi connectivity index (χ1n) is 9.56. The fourth-order valence-corrected chi connectivity index (χ4v) is 4.35. The number of fused-ring (bicyclic) bond motifs is 1. The minimum absolute atomic E-state index is 0.239. The monoisotopic (exact) mass is 354 g/mol. The molecule has 1 atom stereocenters. The van der Waals surface area contributed by atoms with Gasteiger partial charge in [-0.3, -0.25) is 0 Å². The molecule has 0 bridgehead atoms. The van der Waals surface area contributed by atoms with E-state index in [2.05, 4.69) is 85.8 Å². The SMILES string of the molecule is CC1=Cc2ccccc2C1C(c1cccc(CN)c1)c1cccc(CN)c1. The summed E-state index contributed by atoms with van der Waals surface area (Å²) in [4.78, 5) is 0. The predicted molar refractivity (Wildman–Crippen MR) is 113 cm³/mol. The Labute approximate surface area is 161 Å². The Hall–Kier alpha value is -2.68. The summed E-state index contributed by atoms with van der Waals surface area (Å²) >= 11 is 0. The Kier molecular flexibility index (Phi) is 4.93. The van der Waals surface area contributed by atoms with Crippen LogP contribution in [0, 0.1) is 0 Å². The largest absolute Gasteiger partial charge is 0.326 e. The fourth-order valence-electron chi connectivity index (χ4n) is 4.35. The van der Waals surface area contributed by atoms with Crippen LogP contribution in [0.15, 0.2) is 78.4 Å². The third-order valence-electron chi connectivity index (χ3n) is 5.63. The van der Waals surface area contributed by atoms with Gasteiger partial charge in [0, 0.05) is 24.9 Å². The van der Waals surface area contributed by atoms with Gasteiger partial charge in [0.15, 0.2) is 0 Å². The Morgan fingerprint density at radius 1 is 0.778 bits per heavy atom. The van der Waals surface area contributed by atoms with E-state index in [4.69, 9.17) is 11.5 Å². The van der Waals surface area contributed by atoms with Crippen molar-refractivity contribution in [1.29, 1.82) is 0 Å². The van der Waals surface area contributed by atoms with Crippen LogP contribution in [0.2, 0.25) is 0 Å². The molecule has 27 heavy (non-hydrogen) atoms. The van der Waals surface area contributed by atoms with Crippen molar-refractivity contribution in [1.82, 2.24) is 0 Å². The standard InChI is InChI=1S/C25H26N2/c1-17-12-20-8-2-3-11-23(20)24(17)25(21-9-4-6-18(13-21)15-26)22-10-5-7-19(14-22)16-27/h2-14,24-25H,15-16,26-27H2,1H3. The van der Waals surface area contributed by atoms with Gasteiger partial charge < -0.3 is 11.5 Å². The Bertz CT molecular complexity index is 939. The van der Waals surface area contributed by atoms with Crippen molar-refractivity contribution in [2.24, 2.45) is 11.5 Å². The summed E-state index contributed by atoms with van der Waals surface area (Å²) in [5.74, 6) is 0.560. The first kappa shape index (κ1) is 17.7. The summed E-state index contributed by atoms with van der Waals surface area (Å²) < 4.78 is 0. The van der Waals surface area contributed by atoms with Crippen LogP contribution < -0.4 is 11.5 Å². The number of hydrogen-bond acceptors (Lipinski definition) is 2. The van der Waals surface area contributed by atoms with Gasteiger partial charge in [-0.05, 0) is 40.3 Å². The summed E-state index contributed by atoms with van der Waals surface area (Å²) in [6, 6.07) is 26.1. The number of rotatable bonds is 5. The van der Waals surface area contributed by atoms with Gasteiger partial charge >= 0.3 is 0 Å². The van der Waals surface area contributed by atoms with E-state index < -0.39 is 0 Å². The predicted octanol–water partition coefficient (Wildman–Crippen LogP) is 4.94. The molecule has 0 fully saturated rings. The van der Waals surface area contributed by atoms with Crippen molar-refractivity contribution in [3.05, 3.63) is 112 Å². The molecule has 3 aromatic carbocycles. The molecule has 0 amide bonds. The minimum atomic E-state index is 0.239. The number of benzene rings is 3. The molecule has 4 rings (SSSR count). The minimum Gasteiger partial charge on any atom is -0.326 e. The summed E-state index contributed by atoms with van der Waals surface area (Å²) in [5, 5.41) is 0. The molecule has 3 aromatic rings. The van der Waals surface area contributed by atoms with Gasteiger partial charge in [-0.25, -0.2) is 0 Å². The molecule has 0 saturated heterocycles. The van der Waals surface area contributed by atoms with Gasteiger partial charge in [0.2, 0.25) is 0 Å². The van der Waals surface area contributed by atoms with Gasteiger partial charge in [0.1, 0.15) is 0 Å². The molecule has 0 heterocycles. The third-order valence-corrected chi connectivity index (χ3v) is 5.63. The van der Waals surface area contributed by atoms with Gasteiger partial charge in [-0.2, -0.15) is 0 Å². The van der Waals surface area contributed by atoms with Crippen LogP contribution in [-0.4, -0.2) is 0 Å². The molecule has 1 aliphatic rings. The molecule has 1 aliphatic carbocycles. The van der Waals surface area contributed by atoms with E-state index in [9.17, 15) is 0 Å². The number of hydrogen-bond donors (Lipinski definition) is 2. The van der Waals surface area contributed by atoms with E-state index in [0.717, 1.165) is 0 Å². The summed E-state index contributed by atoms with van der Waals surface area (Å²) in [6.07, 6.45) is 2.33. The molecular formula is C25H26N2. The van der Waals surface area contributed by atoms with Crippen LogP contribution in [0.4, 0.5) is 0 Å². The maximum Gasteiger partial charge on any atom is 0.0196 e. The van der Waals surface area contributed by atoms with Crippen molar-refractivity contribution < 1.29 is 0 Å². The fraction of sp³-hybridized carbons (Fsp3) is 0.200.